The molecule has 4 atom stereocenters. The highest BCUT2D eigenvalue weighted by molar-refractivity contribution is 5.19. The minimum Gasteiger partial charge on any atom is -0.464 e. The fourth-order valence-electron chi connectivity index (χ4n) is 3.14. The molecular formula is C15H24N2O2. The highest BCUT2D eigenvalue weighted by Gasteiger charge is 2.37. The fraction of sp³-hybridized carbons (Fsp3) is 0.733. The van der Waals surface area contributed by atoms with Crippen molar-refractivity contribution in [3.63, 3.8) is 0 Å². The summed E-state index contributed by atoms with van der Waals surface area (Å²) in [5, 5.41) is 0. The maximum Gasteiger partial charge on any atom is 0.122 e. The summed E-state index contributed by atoms with van der Waals surface area (Å²) >= 11 is 0. The van der Waals surface area contributed by atoms with E-state index in [0.29, 0.717) is 18.6 Å². The fourth-order valence-corrected chi connectivity index (χ4v) is 3.14. The van der Waals surface area contributed by atoms with Gasteiger partial charge in [-0.2, -0.15) is 0 Å². The minimum absolute atomic E-state index is 0.197. The SMILES string of the molecule is COC1CCN(C(CN)c2ccc(C3CC3C)o2)C1. The molecule has 0 aromatic carbocycles. The molecule has 0 bridgehead atoms. The van der Waals surface area contributed by atoms with Crippen LogP contribution in [0.2, 0.25) is 0 Å². The van der Waals surface area contributed by atoms with Crippen molar-refractivity contribution in [2.45, 2.75) is 37.8 Å². The quantitative estimate of drug-likeness (QED) is 0.885. The summed E-state index contributed by atoms with van der Waals surface area (Å²) in [6.07, 6.45) is 2.68. The lowest BCUT2D eigenvalue weighted by molar-refractivity contribution is 0.0988. The number of hydrogen-bond donors (Lipinski definition) is 1. The summed E-state index contributed by atoms with van der Waals surface area (Å²) in [7, 11) is 1.78. The molecule has 4 heteroatoms. The van der Waals surface area contributed by atoms with Crippen LogP contribution in [0.5, 0.6) is 0 Å². The Morgan fingerprint density at radius 2 is 2.32 bits per heavy atom. The van der Waals surface area contributed by atoms with Gasteiger partial charge < -0.3 is 14.9 Å². The zero-order valence-corrected chi connectivity index (χ0v) is 11.8. The lowest BCUT2D eigenvalue weighted by Gasteiger charge is -2.24. The molecule has 4 nitrogen and oxygen atoms in total. The van der Waals surface area contributed by atoms with Crippen LogP contribution in [0.3, 0.4) is 0 Å². The Hall–Kier alpha value is -0.840. The first-order chi connectivity index (χ1) is 9.22. The molecule has 1 saturated heterocycles. The van der Waals surface area contributed by atoms with Crippen molar-refractivity contribution in [1.82, 2.24) is 4.90 Å². The van der Waals surface area contributed by atoms with Crippen LogP contribution in [-0.2, 0) is 4.74 Å². The lowest BCUT2D eigenvalue weighted by atomic mass is 10.2. The van der Waals surface area contributed by atoms with E-state index in [-0.39, 0.29) is 6.04 Å². The predicted molar refractivity (Wildman–Crippen MR) is 74.0 cm³/mol. The molecule has 1 saturated carbocycles. The highest BCUT2D eigenvalue weighted by atomic mass is 16.5. The minimum atomic E-state index is 0.197. The van der Waals surface area contributed by atoms with Gasteiger partial charge in [0.25, 0.3) is 0 Å². The second-order valence-corrected chi connectivity index (χ2v) is 5.95. The summed E-state index contributed by atoms with van der Waals surface area (Å²) < 4.78 is 11.5. The van der Waals surface area contributed by atoms with Crippen molar-refractivity contribution in [3.8, 4) is 0 Å². The van der Waals surface area contributed by atoms with Crippen molar-refractivity contribution in [3.05, 3.63) is 23.7 Å². The molecule has 1 aliphatic carbocycles. The Morgan fingerprint density at radius 1 is 1.53 bits per heavy atom. The third-order valence-corrected chi connectivity index (χ3v) is 4.62. The molecule has 0 radical (unpaired) electrons. The van der Waals surface area contributed by atoms with E-state index in [1.54, 1.807) is 7.11 Å². The van der Waals surface area contributed by atoms with Crippen LogP contribution in [-0.4, -0.2) is 37.7 Å². The average molecular weight is 264 g/mol. The predicted octanol–water partition coefficient (Wildman–Crippen LogP) is 2.12. The van der Waals surface area contributed by atoms with Gasteiger partial charge in [0.05, 0.1) is 12.1 Å². The molecule has 1 aliphatic heterocycles. The molecule has 2 aliphatic rings. The third kappa shape index (κ3) is 2.57. The second-order valence-electron chi connectivity index (χ2n) is 5.95. The molecule has 19 heavy (non-hydrogen) atoms. The number of hydrogen-bond acceptors (Lipinski definition) is 4. The maximum atomic E-state index is 6.05. The Kier molecular flexibility index (Phi) is 3.65. The second kappa shape index (κ2) is 5.27. The molecule has 0 spiro atoms. The summed E-state index contributed by atoms with van der Waals surface area (Å²) in [4.78, 5) is 2.38. The van der Waals surface area contributed by atoms with Gasteiger partial charge in [0.1, 0.15) is 11.5 Å². The third-order valence-electron chi connectivity index (χ3n) is 4.62. The highest BCUT2D eigenvalue weighted by Crippen LogP contribution is 2.47. The Balaban J connectivity index is 1.70. The standard InChI is InChI=1S/C15H24N2O2/c1-10-7-12(10)14-3-4-15(19-14)13(8-16)17-6-5-11(9-17)18-2/h3-4,10-13H,5-9,16H2,1-2H3. The topological polar surface area (TPSA) is 51.6 Å². The van der Waals surface area contributed by atoms with Gasteiger partial charge in [-0.25, -0.2) is 0 Å². The normalized spacial score (nSPS) is 32.7. The van der Waals surface area contributed by atoms with Crippen LogP contribution < -0.4 is 5.73 Å². The molecular weight excluding hydrogens is 240 g/mol. The first kappa shape index (κ1) is 13.2. The Bertz CT molecular complexity index is 432. The number of nitrogens with two attached hydrogens (primary N) is 1. The summed E-state index contributed by atoms with van der Waals surface area (Å²) in [5.74, 6) is 3.58. The van der Waals surface area contributed by atoms with Crippen molar-refractivity contribution in [2.75, 3.05) is 26.7 Å². The van der Waals surface area contributed by atoms with Crippen molar-refractivity contribution >= 4 is 0 Å². The number of rotatable bonds is 5. The summed E-state index contributed by atoms with van der Waals surface area (Å²) in [6, 6.07) is 4.44. The molecule has 0 amide bonds. The van der Waals surface area contributed by atoms with E-state index in [4.69, 9.17) is 14.9 Å². The number of methoxy groups -OCH3 is 1. The molecule has 1 aromatic heterocycles. The van der Waals surface area contributed by atoms with E-state index in [0.717, 1.165) is 36.9 Å². The van der Waals surface area contributed by atoms with E-state index < -0.39 is 0 Å². The molecule has 4 unspecified atom stereocenters. The van der Waals surface area contributed by atoms with Crippen LogP contribution in [0, 0.1) is 5.92 Å². The number of likely N-dealkylation sites (tertiary alicyclic amines) is 1. The smallest absolute Gasteiger partial charge is 0.122 e. The van der Waals surface area contributed by atoms with Crippen molar-refractivity contribution in [2.24, 2.45) is 11.7 Å². The van der Waals surface area contributed by atoms with Gasteiger partial charge in [-0.05, 0) is 30.9 Å². The van der Waals surface area contributed by atoms with Gasteiger partial charge in [0, 0.05) is 32.7 Å². The molecule has 2 N–H and O–H groups in total. The van der Waals surface area contributed by atoms with Gasteiger partial charge in [0.15, 0.2) is 0 Å². The zero-order valence-electron chi connectivity index (χ0n) is 11.8. The Morgan fingerprint density at radius 3 is 2.89 bits per heavy atom. The number of furan rings is 1. The largest absolute Gasteiger partial charge is 0.464 e. The molecule has 106 valence electrons. The van der Waals surface area contributed by atoms with E-state index in [9.17, 15) is 0 Å². The van der Waals surface area contributed by atoms with Crippen LogP contribution in [0.25, 0.3) is 0 Å². The van der Waals surface area contributed by atoms with Gasteiger partial charge in [0.2, 0.25) is 0 Å². The monoisotopic (exact) mass is 264 g/mol. The van der Waals surface area contributed by atoms with Crippen LogP contribution >= 0.6 is 0 Å². The lowest BCUT2D eigenvalue weighted by Crippen LogP contribution is -2.32. The van der Waals surface area contributed by atoms with Crippen LogP contribution in [0.15, 0.2) is 16.5 Å². The van der Waals surface area contributed by atoms with Crippen molar-refractivity contribution < 1.29 is 9.15 Å². The van der Waals surface area contributed by atoms with E-state index in [1.165, 1.54) is 6.42 Å². The molecule has 2 fully saturated rings. The molecule has 3 rings (SSSR count). The first-order valence-electron chi connectivity index (χ1n) is 7.29. The molecule has 2 heterocycles. The van der Waals surface area contributed by atoms with Gasteiger partial charge >= 0.3 is 0 Å². The van der Waals surface area contributed by atoms with E-state index >= 15 is 0 Å². The number of nitrogens with zero attached hydrogens (tertiary/aromatic N) is 1. The maximum absolute atomic E-state index is 6.05. The van der Waals surface area contributed by atoms with Crippen LogP contribution in [0.1, 0.15) is 43.2 Å². The Labute approximate surface area is 114 Å². The number of ether oxygens (including phenoxy) is 1. The first-order valence-corrected chi connectivity index (χ1v) is 7.29. The van der Waals surface area contributed by atoms with Crippen LogP contribution in [0.4, 0.5) is 0 Å². The average Bonchev–Trinajstić information content (AvgIpc) is 2.88. The van der Waals surface area contributed by atoms with E-state index in [1.807, 2.05) is 0 Å². The van der Waals surface area contributed by atoms with Gasteiger partial charge in [-0.3, -0.25) is 4.90 Å². The molecule has 1 aromatic rings. The van der Waals surface area contributed by atoms with Crippen molar-refractivity contribution in [1.29, 1.82) is 0 Å². The summed E-state index contributed by atoms with van der Waals surface area (Å²) in [5.41, 5.74) is 5.96. The zero-order chi connectivity index (χ0) is 13.4. The van der Waals surface area contributed by atoms with Gasteiger partial charge in [-0.1, -0.05) is 6.92 Å². The summed E-state index contributed by atoms with van der Waals surface area (Å²) in [6.45, 7) is 4.87. The van der Waals surface area contributed by atoms with E-state index in [2.05, 4.69) is 24.0 Å². The van der Waals surface area contributed by atoms with Gasteiger partial charge in [-0.15, -0.1) is 0 Å².